The average Bonchev–Trinajstić information content (AvgIpc) is 2.94. The van der Waals surface area contributed by atoms with Crippen molar-refractivity contribution in [2.45, 2.75) is 7.43 Å². The summed E-state index contributed by atoms with van der Waals surface area (Å²) in [6.45, 7) is 0. The van der Waals surface area contributed by atoms with Crippen LogP contribution in [0.25, 0.3) is 11.1 Å². The second kappa shape index (κ2) is 5.09. The van der Waals surface area contributed by atoms with Gasteiger partial charge >= 0.3 is 0 Å². The van der Waals surface area contributed by atoms with Crippen LogP contribution in [0.15, 0.2) is 48.5 Å². The van der Waals surface area contributed by atoms with Crippen molar-refractivity contribution in [1.82, 2.24) is 0 Å². The van der Waals surface area contributed by atoms with Gasteiger partial charge in [0.15, 0.2) is 0 Å². The molecule has 0 atom stereocenters. The number of fused-ring (bicyclic) bond motifs is 2. The zero-order valence-electron chi connectivity index (χ0n) is 12.3. The van der Waals surface area contributed by atoms with Crippen molar-refractivity contribution in [2.75, 3.05) is 23.9 Å². The number of hydrogen-bond donors (Lipinski definition) is 0. The predicted octanol–water partition coefficient (Wildman–Crippen LogP) is 3.19. The highest BCUT2D eigenvalue weighted by atomic mass is 16.2. The first-order chi connectivity index (χ1) is 10.6. The summed E-state index contributed by atoms with van der Waals surface area (Å²) < 4.78 is 0. The van der Waals surface area contributed by atoms with Crippen LogP contribution in [-0.2, 0) is 9.59 Å². The maximum Gasteiger partial charge on any atom is 0.259 e. The highest BCUT2D eigenvalue weighted by Crippen LogP contribution is 2.45. The van der Waals surface area contributed by atoms with Crippen molar-refractivity contribution in [3.05, 3.63) is 59.7 Å². The minimum atomic E-state index is -0.130. The molecule has 23 heavy (non-hydrogen) atoms. The van der Waals surface area contributed by atoms with Crippen LogP contribution in [0, 0.1) is 0 Å². The molecule has 4 nitrogen and oxygen atoms in total. The molecule has 2 amide bonds. The lowest BCUT2D eigenvalue weighted by Gasteiger charge is -2.09. The summed E-state index contributed by atoms with van der Waals surface area (Å²) in [6.07, 6.45) is 0. The lowest BCUT2D eigenvalue weighted by molar-refractivity contribution is -0.114. The number of carbonyl (C=O) groups excluding carboxylic acids is 2. The lowest BCUT2D eigenvalue weighted by atomic mass is 9.96. The second-order valence-corrected chi connectivity index (χ2v) is 5.51. The number of hydrogen-bond acceptors (Lipinski definition) is 2. The fourth-order valence-corrected chi connectivity index (χ4v) is 3.22. The first kappa shape index (κ1) is 15.0. The molecule has 2 aliphatic rings. The Morgan fingerprint density at radius 3 is 1.39 bits per heavy atom. The molecule has 2 heterocycles. The Morgan fingerprint density at radius 2 is 1.00 bits per heavy atom. The zero-order chi connectivity index (χ0) is 15.4. The van der Waals surface area contributed by atoms with Crippen LogP contribution >= 0.6 is 0 Å². The van der Waals surface area contributed by atoms with Gasteiger partial charge in [-0.25, -0.2) is 0 Å². The molecule has 0 N–H and O–H groups in total. The Labute approximate surface area is 135 Å². The van der Waals surface area contributed by atoms with Gasteiger partial charge in [-0.05, 0) is 12.1 Å². The first-order valence-electron chi connectivity index (χ1n) is 7.10. The Balaban J connectivity index is 0.00000156. The van der Waals surface area contributed by atoms with E-state index in [2.05, 4.69) is 0 Å². The Bertz CT molecular complexity index is 796. The molecule has 2 aromatic carbocycles. The van der Waals surface area contributed by atoms with E-state index in [4.69, 9.17) is 0 Å². The monoisotopic (exact) mass is 306 g/mol. The quantitative estimate of drug-likeness (QED) is 0.701. The number of anilines is 2. The number of likely N-dealkylation sites (N-methyl/N-ethyl adjacent to an activating group) is 2. The summed E-state index contributed by atoms with van der Waals surface area (Å²) in [7, 11) is 3.48. The van der Waals surface area contributed by atoms with Crippen LogP contribution in [0.3, 0.4) is 0 Å². The maximum atomic E-state index is 12.7. The SMILES string of the molecule is C.CN1C(=O)/C(=C2/C(=O)N(C)c3ccccc32)c2ccccc21. The maximum absolute atomic E-state index is 12.7. The third kappa shape index (κ3) is 1.84. The molecule has 2 aliphatic heterocycles. The third-order valence-electron chi connectivity index (χ3n) is 4.36. The largest absolute Gasteiger partial charge is 0.311 e. The van der Waals surface area contributed by atoms with Crippen LogP contribution in [0.4, 0.5) is 11.4 Å². The Kier molecular flexibility index (Phi) is 3.33. The highest BCUT2D eigenvalue weighted by Gasteiger charge is 2.39. The normalized spacial score (nSPS) is 18.9. The lowest BCUT2D eigenvalue weighted by Crippen LogP contribution is -2.24. The van der Waals surface area contributed by atoms with E-state index in [1.165, 1.54) is 0 Å². The minimum absolute atomic E-state index is 0. The van der Waals surface area contributed by atoms with E-state index < -0.39 is 0 Å². The highest BCUT2D eigenvalue weighted by molar-refractivity contribution is 6.49. The molecule has 0 aliphatic carbocycles. The first-order valence-corrected chi connectivity index (χ1v) is 7.10. The smallest absolute Gasteiger partial charge is 0.259 e. The zero-order valence-corrected chi connectivity index (χ0v) is 12.3. The van der Waals surface area contributed by atoms with Crippen molar-refractivity contribution < 1.29 is 9.59 Å². The predicted molar refractivity (Wildman–Crippen MR) is 93.2 cm³/mol. The molecule has 0 aromatic heterocycles. The van der Waals surface area contributed by atoms with E-state index in [-0.39, 0.29) is 19.2 Å². The molecule has 2 aromatic rings. The Morgan fingerprint density at radius 1 is 0.652 bits per heavy atom. The van der Waals surface area contributed by atoms with E-state index in [1.54, 1.807) is 23.9 Å². The van der Waals surface area contributed by atoms with Gasteiger partial charge in [0.1, 0.15) is 0 Å². The Hall–Kier alpha value is -2.88. The van der Waals surface area contributed by atoms with Crippen LogP contribution in [0.5, 0.6) is 0 Å². The summed E-state index contributed by atoms with van der Waals surface area (Å²) in [5, 5.41) is 0. The van der Waals surface area contributed by atoms with Crippen LogP contribution < -0.4 is 9.80 Å². The van der Waals surface area contributed by atoms with Crippen molar-refractivity contribution in [3.8, 4) is 0 Å². The molecule has 0 spiro atoms. The molecular weight excluding hydrogens is 288 g/mol. The number of benzene rings is 2. The van der Waals surface area contributed by atoms with Gasteiger partial charge in [0.2, 0.25) is 0 Å². The fourth-order valence-electron chi connectivity index (χ4n) is 3.22. The van der Waals surface area contributed by atoms with E-state index in [9.17, 15) is 9.59 Å². The summed E-state index contributed by atoms with van der Waals surface area (Å²) in [4.78, 5) is 28.6. The number of amides is 2. The van der Waals surface area contributed by atoms with Gasteiger partial charge < -0.3 is 9.80 Å². The van der Waals surface area contributed by atoms with Gasteiger partial charge in [0.05, 0.1) is 22.5 Å². The van der Waals surface area contributed by atoms with E-state index in [1.807, 2.05) is 48.5 Å². The van der Waals surface area contributed by atoms with Gasteiger partial charge in [-0.15, -0.1) is 0 Å². The number of carbonyl (C=O) groups is 2. The summed E-state index contributed by atoms with van der Waals surface area (Å²) in [5.41, 5.74) is 4.33. The van der Waals surface area contributed by atoms with Gasteiger partial charge in [0, 0.05) is 25.2 Å². The van der Waals surface area contributed by atoms with Crippen molar-refractivity contribution in [3.63, 3.8) is 0 Å². The van der Waals surface area contributed by atoms with Gasteiger partial charge in [-0.3, -0.25) is 9.59 Å². The van der Waals surface area contributed by atoms with Crippen LogP contribution in [-0.4, -0.2) is 25.9 Å². The van der Waals surface area contributed by atoms with Crippen molar-refractivity contribution in [2.24, 2.45) is 0 Å². The minimum Gasteiger partial charge on any atom is -0.311 e. The summed E-state index contributed by atoms with van der Waals surface area (Å²) in [5.74, 6) is -0.260. The molecule has 0 bridgehead atoms. The molecular formula is C19H18N2O2. The van der Waals surface area contributed by atoms with E-state index in [0.717, 1.165) is 22.5 Å². The molecule has 0 unspecified atom stereocenters. The van der Waals surface area contributed by atoms with Crippen LogP contribution in [0.2, 0.25) is 0 Å². The van der Waals surface area contributed by atoms with Crippen molar-refractivity contribution in [1.29, 1.82) is 0 Å². The molecule has 0 saturated carbocycles. The van der Waals surface area contributed by atoms with E-state index >= 15 is 0 Å². The molecule has 4 rings (SSSR count). The molecule has 116 valence electrons. The molecule has 0 radical (unpaired) electrons. The topological polar surface area (TPSA) is 40.6 Å². The van der Waals surface area contributed by atoms with Crippen molar-refractivity contribution >= 4 is 34.3 Å². The number of nitrogens with zero attached hydrogens (tertiary/aromatic N) is 2. The van der Waals surface area contributed by atoms with E-state index in [0.29, 0.717) is 11.1 Å². The van der Waals surface area contributed by atoms with Crippen LogP contribution in [0.1, 0.15) is 18.6 Å². The third-order valence-corrected chi connectivity index (χ3v) is 4.36. The summed E-state index contributed by atoms with van der Waals surface area (Å²) in [6, 6.07) is 15.2. The average molecular weight is 306 g/mol. The van der Waals surface area contributed by atoms with Gasteiger partial charge in [-0.1, -0.05) is 43.8 Å². The molecule has 4 heteroatoms. The standard InChI is InChI=1S/C18H14N2O2.CH4/c1-19-13-9-5-3-7-11(13)15(17(19)21)16-12-8-4-6-10-14(12)20(2)18(16)22;/h3-10H,1-2H3;1H4/b16-15+;. The second-order valence-electron chi connectivity index (χ2n) is 5.51. The molecule has 0 fully saturated rings. The fraction of sp³-hybridized carbons (Fsp3) is 0.158. The number of para-hydroxylation sites is 2. The number of rotatable bonds is 0. The molecule has 0 saturated heterocycles. The van der Waals surface area contributed by atoms with Gasteiger partial charge in [0.25, 0.3) is 11.8 Å². The summed E-state index contributed by atoms with van der Waals surface area (Å²) >= 11 is 0. The van der Waals surface area contributed by atoms with Gasteiger partial charge in [-0.2, -0.15) is 0 Å².